The molecule has 0 aromatic heterocycles. The first-order valence-corrected chi connectivity index (χ1v) is 8.96. The smallest absolute Gasteiger partial charge is 0.319 e. The molecule has 2 aliphatic rings. The molecule has 7 heteroatoms. The molecule has 2 aromatic rings. The summed E-state index contributed by atoms with van der Waals surface area (Å²) in [5.41, 5.74) is 1.81. The molecule has 0 bridgehead atoms. The first kappa shape index (κ1) is 17.2. The van der Waals surface area contributed by atoms with Gasteiger partial charge in [-0.25, -0.2) is 4.79 Å². The standard InChI is InChI=1S/C20H21N3O4/c24-19-11-16(12-23(19)9-8-14-4-2-1-3-5-14)22-20(25)21-15-6-7-17-18(10-15)27-13-26-17/h1-7,10,16H,8-9,11-13H2,(H2,21,22,25). The van der Waals surface area contributed by atoms with Crippen LogP contribution >= 0.6 is 0 Å². The third-order valence-electron chi connectivity index (χ3n) is 4.69. The number of urea groups is 1. The summed E-state index contributed by atoms with van der Waals surface area (Å²) in [4.78, 5) is 26.2. The average Bonchev–Trinajstić information content (AvgIpc) is 3.26. The molecule has 1 atom stereocenters. The zero-order valence-electron chi connectivity index (χ0n) is 14.8. The van der Waals surface area contributed by atoms with Crippen molar-refractivity contribution in [1.82, 2.24) is 10.2 Å². The first-order chi connectivity index (χ1) is 13.2. The Morgan fingerprint density at radius 1 is 1.11 bits per heavy atom. The number of hydrogen-bond donors (Lipinski definition) is 2. The van der Waals surface area contributed by atoms with Crippen molar-refractivity contribution in [3.63, 3.8) is 0 Å². The van der Waals surface area contributed by atoms with Gasteiger partial charge in [-0.1, -0.05) is 30.3 Å². The second kappa shape index (κ2) is 7.57. The lowest BCUT2D eigenvalue weighted by Gasteiger charge is -2.17. The monoisotopic (exact) mass is 367 g/mol. The molecule has 140 valence electrons. The van der Waals surface area contributed by atoms with E-state index in [9.17, 15) is 9.59 Å². The van der Waals surface area contributed by atoms with Crippen molar-refractivity contribution in [3.8, 4) is 11.5 Å². The van der Waals surface area contributed by atoms with Gasteiger partial charge in [-0.3, -0.25) is 4.79 Å². The van der Waals surface area contributed by atoms with Crippen LogP contribution in [0.25, 0.3) is 0 Å². The average molecular weight is 367 g/mol. The van der Waals surface area contributed by atoms with E-state index in [1.807, 2.05) is 18.2 Å². The minimum atomic E-state index is -0.337. The van der Waals surface area contributed by atoms with E-state index < -0.39 is 0 Å². The third kappa shape index (κ3) is 4.13. The fraction of sp³-hybridized carbons (Fsp3) is 0.300. The van der Waals surface area contributed by atoms with Crippen molar-refractivity contribution in [2.45, 2.75) is 18.9 Å². The maximum atomic E-state index is 12.2. The van der Waals surface area contributed by atoms with Gasteiger partial charge in [0.25, 0.3) is 0 Å². The van der Waals surface area contributed by atoms with Gasteiger partial charge in [0.1, 0.15) is 0 Å². The van der Waals surface area contributed by atoms with E-state index in [4.69, 9.17) is 9.47 Å². The summed E-state index contributed by atoms with van der Waals surface area (Å²) < 4.78 is 10.6. The molecule has 1 fully saturated rings. The van der Waals surface area contributed by atoms with Gasteiger partial charge < -0.3 is 25.0 Å². The van der Waals surface area contributed by atoms with Gasteiger partial charge in [0.05, 0.1) is 6.04 Å². The van der Waals surface area contributed by atoms with Gasteiger partial charge in [0.2, 0.25) is 12.7 Å². The zero-order chi connectivity index (χ0) is 18.6. The number of nitrogens with one attached hydrogen (secondary N) is 2. The first-order valence-electron chi connectivity index (χ1n) is 8.96. The Hall–Kier alpha value is -3.22. The molecule has 1 unspecified atom stereocenters. The van der Waals surface area contributed by atoms with E-state index in [2.05, 4.69) is 22.8 Å². The van der Waals surface area contributed by atoms with Crippen LogP contribution in [0.15, 0.2) is 48.5 Å². The number of carbonyl (C=O) groups is 2. The van der Waals surface area contributed by atoms with Crippen LogP contribution in [0.3, 0.4) is 0 Å². The van der Waals surface area contributed by atoms with Gasteiger partial charge in [-0.05, 0) is 24.1 Å². The Labute approximate surface area is 157 Å². The predicted molar refractivity (Wildman–Crippen MR) is 99.9 cm³/mol. The molecule has 2 heterocycles. The molecule has 7 nitrogen and oxygen atoms in total. The Kier molecular flexibility index (Phi) is 4.82. The summed E-state index contributed by atoms with van der Waals surface area (Å²) >= 11 is 0. The molecular weight excluding hydrogens is 346 g/mol. The topological polar surface area (TPSA) is 79.9 Å². The van der Waals surface area contributed by atoms with Crippen molar-refractivity contribution < 1.29 is 19.1 Å². The SMILES string of the molecule is O=C(Nc1ccc2c(c1)OCO2)NC1CC(=O)N(CCc2ccccc2)C1. The minimum absolute atomic E-state index is 0.0688. The van der Waals surface area contributed by atoms with Crippen LogP contribution in [0.4, 0.5) is 10.5 Å². The normalized spacial score (nSPS) is 17.9. The predicted octanol–water partition coefficient (Wildman–Crippen LogP) is 2.38. The van der Waals surface area contributed by atoms with E-state index >= 15 is 0 Å². The maximum absolute atomic E-state index is 12.2. The Morgan fingerprint density at radius 2 is 1.93 bits per heavy atom. The molecule has 2 aliphatic heterocycles. The van der Waals surface area contributed by atoms with Gasteiger partial charge in [-0.15, -0.1) is 0 Å². The molecular formula is C20H21N3O4. The molecule has 0 saturated carbocycles. The molecule has 0 aliphatic carbocycles. The Morgan fingerprint density at radius 3 is 2.78 bits per heavy atom. The van der Waals surface area contributed by atoms with Gasteiger partial charge in [0.15, 0.2) is 11.5 Å². The highest BCUT2D eigenvalue weighted by molar-refractivity contribution is 5.91. The van der Waals surface area contributed by atoms with Crippen LogP contribution in [0.1, 0.15) is 12.0 Å². The number of fused-ring (bicyclic) bond motifs is 1. The largest absolute Gasteiger partial charge is 0.454 e. The van der Waals surface area contributed by atoms with Gasteiger partial charge >= 0.3 is 6.03 Å². The third-order valence-corrected chi connectivity index (χ3v) is 4.69. The summed E-state index contributed by atoms with van der Waals surface area (Å²) in [6.45, 7) is 1.37. The lowest BCUT2D eigenvalue weighted by Crippen LogP contribution is -2.40. The van der Waals surface area contributed by atoms with Gasteiger partial charge in [-0.2, -0.15) is 0 Å². The highest BCUT2D eigenvalue weighted by atomic mass is 16.7. The van der Waals surface area contributed by atoms with Crippen LogP contribution < -0.4 is 20.1 Å². The number of likely N-dealkylation sites (tertiary alicyclic amines) is 1. The molecule has 2 N–H and O–H groups in total. The summed E-state index contributed by atoms with van der Waals surface area (Å²) in [5, 5.41) is 5.64. The molecule has 0 spiro atoms. The van der Waals surface area contributed by atoms with Crippen molar-refractivity contribution >= 4 is 17.6 Å². The van der Waals surface area contributed by atoms with Crippen molar-refractivity contribution in [3.05, 3.63) is 54.1 Å². The highest BCUT2D eigenvalue weighted by Crippen LogP contribution is 2.34. The summed E-state index contributed by atoms with van der Waals surface area (Å²) in [6, 6.07) is 14.7. The quantitative estimate of drug-likeness (QED) is 0.850. The number of nitrogens with zero attached hydrogens (tertiary/aromatic N) is 1. The number of hydrogen-bond acceptors (Lipinski definition) is 4. The van der Waals surface area contributed by atoms with Crippen molar-refractivity contribution in [2.24, 2.45) is 0 Å². The molecule has 27 heavy (non-hydrogen) atoms. The number of anilines is 1. The fourth-order valence-electron chi connectivity index (χ4n) is 3.32. The van der Waals surface area contributed by atoms with E-state index in [-0.39, 0.29) is 24.8 Å². The van der Waals surface area contributed by atoms with Crippen LogP contribution in [0, 0.1) is 0 Å². The van der Waals surface area contributed by atoms with E-state index in [1.165, 1.54) is 5.56 Å². The van der Waals surface area contributed by atoms with E-state index in [0.29, 0.717) is 36.7 Å². The molecule has 2 aromatic carbocycles. The zero-order valence-corrected chi connectivity index (χ0v) is 14.8. The second-order valence-electron chi connectivity index (χ2n) is 6.64. The van der Waals surface area contributed by atoms with Crippen LogP contribution in [0.2, 0.25) is 0 Å². The number of carbonyl (C=O) groups excluding carboxylic acids is 2. The van der Waals surface area contributed by atoms with E-state index in [0.717, 1.165) is 6.42 Å². The summed E-state index contributed by atoms with van der Waals surface area (Å²) in [6.07, 6.45) is 1.13. The minimum Gasteiger partial charge on any atom is -0.454 e. The van der Waals surface area contributed by atoms with Gasteiger partial charge in [0, 0.05) is 31.3 Å². The van der Waals surface area contributed by atoms with Crippen molar-refractivity contribution in [1.29, 1.82) is 0 Å². The molecule has 4 rings (SSSR count). The molecule has 0 radical (unpaired) electrons. The lowest BCUT2D eigenvalue weighted by molar-refractivity contribution is -0.127. The Balaban J connectivity index is 1.27. The summed E-state index contributed by atoms with van der Waals surface area (Å²) in [5.74, 6) is 1.34. The highest BCUT2D eigenvalue weighted by Gasteiger charge is 2.30. The van der Waals surface area contributed by atoms with E-state index in [1.54, 1.807) is 23.1 Å². The molecule has 3 amide bonds. The Bertz CT molecular complexity index is 840. The van der Waals surface area contributed by atoms with Crippen LogP contribution in [-0.2, 0) is 11.2 Å². The maximum Gasteiger partial charge on any atom is 0.319 e. The number of rotatable bonds is 5. The van der Waals surface area contributed by atoms with Crippen molar-refractivity contribution in [2.75, 3.05) is 25.2 Å². The number of benzene rings is 2. The summed E-state index contributed by atoms with van der Waals surface area (Å²) in [7, 11) is 0. The second-order valence-corrected chi connectivity index (χ2v) is 6.64. The van der Waals surface area contributed by atoms with Crippen LogP contribution in [0.5, 0.6) is 11.5 Å². The lowest BCUT2D eigenvalue weighted by atomic mass is 10.1. The number of ether oxygens (including phenoxy) is 2. The van der Waals surface area contributed by atoms with Crippen LogP contribution in [-0.4, -0.2) is 42.8 Å². The number of amides is 3. The molecule has 1 saturated heterocycles. The fourth-order valence-corrected chi connectivity index (χ4v) is 3.32.